The van der Waals surface area contributed by atoms with E-state index in [1.54, 1.807) is 0 Å². The number of unbranched alkanes of at least 4 members (excludes halogenated alkanes) is 22. The molecule has 0 aromatic carbocycles. The molecule has 1 atom stereocenters. The lowest BCUT2D eigenvalue weighted by Crippen LogP contribution is -2.30. The van der Waals surface area contributed by atoms with Gasteiger partial charge in [0, 0.05) is 19.3 Å². The normalized spacial score (nSPS) is 13.0. The quantitative estimate of drug-likeness (QED) is 0.0261. The van der Waals surface area contributed by atoms with Gasteiger partial charge in [-0.05, 0) is 103 Å². The monoisotopic (exact) mass is 1010 g/mol. The molecule has 0 fully saturated rings. The molecule has 0 N–H and O–H groups in total. The summed E-state index contributed by atoms with van der Waals surface area (Å²) in [6.45, 7) is 6.42. The average molecular weight is 1010 g/mol. The Labute approximate surface area is 450 Å². The minimum absolute atomic E-state index is 0.119. The molecule has 0 aromatic rings. The van der Waals surface area contributed by atoms with Crippen molar-refractivity contribution in [3.8, 4) is 0 Å². The van der Waals surface area contributed by atoms with Crippen LogP contribution in [0.1, 0.15) is 265 Å². The van der Waals surface area contributed by atoms with Gasteiger partial charge in [-0.1, -0.05) is 264 Å². The van der Waals surface area contributed by atoms with E-state index in [2.05, 4.69) is 136 Å². The molecule has 0 unspecified atom stereocenters. The third-order valence-electron chi connectivity index (χ3n) is 12.5. The number of allylic oxidation sites excluding steroid dienone is 20. The fraction of sp³-hybridized carbons (Fsp3) is 0.657. The SMILES string of the molecule is CC/C=C\C/C=C\C/C=C\C/C=C\C/C=C\C/C=C\CCC(=O)OC[C@H](COC(=O)CCCCC/C=C\C/C=C\C/C=C\C/C=C\CCCCC)OC(=O)CCCCCCCCCCCCCCCCCCC. The van der Waals surface area contributed by atoms with Crippen molar-refractivity contribution in [2.24, 2.45) is 0 Å². The molecular formula is C67H110O6. The number of hydrogen-bond acceptors (Lipinski definition) is 6. The largest absolute Gasteiger partial charge is 0.462 e. The van der Waals surface area contributed by atoms with Crippen LogP contribution in [-0.4, -0.2) is 37.2 Å². The summed E-state index contributed by atoms with van der Waals surface area (Å²) in [5.41, 5.74) is 0. The first-order valence-corrected chi connectivity index (χ1v) is 30.0. The molecule has 6 heteroatoms. The number of carbonyl (C=O) groups excluding carboxylic acids is 3. The van der Waals surface area contributed by atoms with Crippen LogP contribution >= 0.6 is 0 Å². The summed E-state index contributed by atoms with van der Waals surface area (Å²) in [5, 5.41) is 0. The zero-order chi connectivity index (χ0) is 52.9. The zero-order valence-electron chi connectivity index (χ0n) is 47.4. The van der Waals surface area contributed by atoms with Crippen molar-refractivity contribution >= 4 is 17.9 Å². The Bertz CT molecular complexity index is 1540. The van der Waals surface area contributed by atoms with Crippen LogP contribution in [0.2, 0.25) is 0 Å². The minimum Gasteiger partial charge on any atom is -0.462 e. The summed E-state index contributed by atoms with van der Waals surface area (Å²) in [4.78, 5) is 38.2. The van der Waals surface area contributed by atoms with E-state index in [-0.39, 0.29) is 37.5 Å². The molecule has 6 nitrogen and oxygen atoms in total. The second-order valence-electron chi connectivity index (χ2n) is 19.5. The van der Waals surface area contributed by atoms with E-state index in [4.69, 9.17) is 14.2 Å². The van der Waals surface area contributed by atoms with Crippen molar-refractivity contribution in [1.82, 2.24) is 0 Å². The van der Waals surface area contributed by atoms with Crippen molar-refractivity contribution in [2.75, 3.05) is 13.2 Å². The van der Waals surface area contributed by atoms with Crippen LogP contribution in [0.5, 0.6) is 0 Å². The summed E-state index contributed by atoms with van der Waals surface area (Å²) >= 11 is 0. The van der Waals surface area contributed by atoms with Crippen LogP contribution in [-0.2, 0) is 28.6 Å². The van der Waals surface area contributed by atoms with Crippen molar-refractivity contribution in [3.05, 3.63) is 122 Å². The standard InChI is InChI=1S/C67H110O6/c1-4-7-10-13-16-19-22-25-28-31-33-36-38-41-44-47-50-53-56-59-65(68)71-62-64(73-67(70)61-58-55-52-49-46-43-40-35-30-27-24-21-18-15-12-9-6-3)63-72-66(69)60-57-54-51-48-45-42-39-37-34-32-29-26-23-20-17-14-11-8-5-2/h7,10,16-17,19-20,25-26,28-29,33-34,36-37,41-42,44-45,50,53,64H,4-6,8-9,11-15,18,21-24,27,30-32,35,38-40,43,46-49,51-52,54-63H2,1-3H3/b10-7-,19-16-,20-17-,28-25-,29-26-,36-33-,37-34-,44-41-,45-42-,53-50-/t64-/m1/s1. The lowest BCUT2D eigenvalue weighted by Gasteiger charge is -2.18. The Morgan fingerprint density at radius 1 is 0.288 bits per heavy atom. The number of esters is 3. The number of hydrogen-bond donors (Lipinski definition) is 0. The molecule has 0 aliphatic carbocycles. The van der Waals surface area contributed by atoms with E-state index in [9.17, 15) is 14.4 Å². The number of carbonyl (C=O) groups is 3. The van der Waals surface area contributed by atoms with Gasteiger partial charge in [0.15, 0.2) is 6.10 Å². The highest BCUT2D eigenvalue weighted by Crippen LogP contribution is 2.15. The van der Waals surface area contributed by atoms with E-state index in [0.717, 1.165) is 103 Å². The minimum atomic E-state index is -0.825. The second kappa shape index (κ2) is 60.4. The maximum atomic E-state index is 12.9. The molecule has 0 radical (unpaired) electrons. The Morgan fingerprint density at radius 3 is 0.945 bits per heavy atom. The number of ether oxygens (including phenoxy) is 3. The zero-order valence-corrected chi connectivity index (χ0v) is 47.4. The molecule has 0 rings (SSSR count). The molecule has 414 valence electrons. The van der Waals surface area contributed by atoms with Gasteiger partial charge in [0.1, 0.15) is 13.2 Å². The topological polar surface area (TPSA) is 78.9 Å². The van der Waals surface area contributed by atoms with Gasteiger partial charge in [-0.15, -0.1) is 0 Å². The molecule has 73 heavy (non-hydrogen) atoms. The Hall–Kier alpha value is -4.19. The smallest absolute Gasteiger partial charge is 0.306 e. The van der Waals surface area contributed by atoms with Gasteiger partial charge in [-0.25, -0.2) is 0 Å². The molecule has 0 bridgehead atoms. The van der Waals surface area contributed by atoms with E-state index in [1.807, 2.05) is 6.08 Å². The van der Waals surface area contributed by atoms with Gasteiger partial charge < -0.3 is 14.2 Å². The second-order valence-corrected chi connectivity index (χ2v) is 19.5. The van der Waals surface area contributed by atoms with Crippen LogP contribution in [0.25, 0.3) is 0 Å². The Balaban J connectivity index is 4.55. The van der Waals surface area contributed by atoms with Gasteiger partial charge in [0.25, 0.3) is 0 Å². The number of rotatable bonds is 53. The summed E-state index contributed by atoms with van der Waals surface area (Å²) in [7, 11) is 0. The first-order valence-electron chi connectivity index (χ1n) is 30.0. The molecule has 0 aliphatic heterocycles. The fourth-order valence-corrected chi connectivity index (χ4v) is 7.98. The summed E-state index contributed by atoms with van der Waals surface area (Å²) in [6, 6.07) is 0. The first-order chi connectivity index (χ1) is 36.0. The maximum Gasteiger partial charge on any atom is 0.306 e. The van der Waals surface area contributed by atoms with Crippen molar-refractivity contribution in [1.29, 1.82) is 0 Å². The van der Waals surface area contributed by atoms with Crippen LogP contribution in [0.3, 0.4) is 0 Å². The molecule has 0 amide bonds. The van der Waals surface area contributed by atoms with Gasteiger partial charge >= 0.3 is 17.9 Å². The van der Waals surface area contributed by atoms with Gasteiger partial charge in [-0.2, -0.15) is 0 Å². The molecular weight excluding hydrogens is 901 g/mol. The first kappa shape index (κ1) is 68.8. The molecule has 0 aromatic heterocycles. The molecule has 0 saturated carbocycles. The van der Waals surface area contributed by atoms with Crippen molar-refractivity contribution in [2.45, 2.75) is 271 Å². The van der Waals surface area contributed by atoms with Crippen molar-refractivity contribution in [3.63, 3.8) is 0 Å². The lowest BCUT2D eigenvalue weighted by atomic mass is 10.0. The molecule has 0 spiro atoms. The highest BCUT2D eigenvalue weighted by atomic mass is 16.6. The van der Waals surface area contributed by atoms with Gasteiger partial charge in [0.05, 0.1) is 0 Å². The fourth-order valence-electron chi connectivity index (χ4n) is 7.98. The highest BCUT2D eigenvalue weighted by molar-refractivity contribution is 5.71. The molecule has 0 heterocycles. The summed E-state index contributed by atoms with van der Waals surface area (Å²) < 4.78 is 16.8. The molecule has 0 saturated heterocycles. The average Bonchev–Trinajstić information content (AvgIpc) is 3.39. The van der Waals surface area contributed by atoms with Crippen LogP contribution in [0.15, 0.2) is 122 Å². The van der Waals surface area contributed by atoms with E-state index in [0.29, 0.717) is 19.3 Å². The Morgan fingerprint density at radius 2 is 0.562 bits per heavy atom. The lowest BCUT2D eigenvalue weighted by molar-refractivity contribution is -0.166. The maximum absolute atomic E-state index is 12.9. The van der Waals surface area contributed by atoms with E-state index < -0.39 is 6.10 Å². The summed E-state index contributed by atoms with van der Waals surface area (Å²) in [6.07, 6.45) is 83.4. The third kappa shape index (κ3) is 58.6. The van der Waals surface area contributed by atoms with Crippen molar-refractivity contribution < 1.29 is 28.6 Å². The van der Waals surface area contributed by atoms with Gasteiger partial charge in [-0.3, -0.25) is 14.4 Å². The van der Waals surface area contributed by atoms with Crippen LogP contribution in [0.4, 0.5) is 0 Å². The van der Waals surface area contributed by atoms with E-state index in [1.165, 1.54) is 116 Å². The predicted octanol–water partition coefficient (Wildman–Crippen LogP) is 20.4. The molecule has 0 aliphatic rings. The third-order valence-corrected chi connectivity index (χ3v) is 12.5. The van der Waals surface area contributed by atoms with E-state index >= 15 is 0 Å². The Kier molecular flexibility index (Phi) is 56.9. The highest BCUT2D eigenvalue weighted by Gasteiger charge is 2.19. The summed E-state index contributed by atoms with van der Waals surface area (Å²) in [5.74, 6) is -1.03. The van der Waals surface area contributed by atoms with Gasteiger partial charge in [0.2, 0.25) is 0 Å². The van der Waals surface area contributed by atoms with Crippen LogP contribution < -0.4 is 0 Å². The predicted molar refractivity (Wildman–Crippen MR) is 316 cm³/mol. The van der Waals surface area contributed by atoms with Crippen LogP contribution in [0, 0.1) is 0 Å².